The van der Waals surface area contributed by atoms with Crippen molar-refractivity contribution in [2.24, 2.45) is 0 Å². The zero-order chi connectivity index (χ0) is 12.6. The minimum absolute atomic E-state index is 0.850. The van der Waals surface area contributed by atoms with E-state index >= 15 is 0 Å². The Hall–Kier alpha value is -1.27. The Morgan fingerprint density at radius 1 is 1.38 bits per heavy atom. The van der Waals surface area contributed by atoms with Gasteiger partial charge in [0, 0.05) is 0 Å². The normalized spacial score (nSPS) is 37.9. The van der Waals surface area contributed by atoms with Gasteiger partial charge in [-0.15, -0.1) is 0 Å². The van der Waals surface area contributed by atoms with Gasteiger partial charge in [0.05, 0.1) is 6.26 Å². The lowest BCUT2D eigenvalue weighted by Gasteiger charge is -2.44. The maximum absolute atomic E-state index is 12.6. The van der Waals surface area contributed by atoms with E-state index in [4.69, 9.17) is 4.74 Å². The van der Waals surface area contributed by atoms with Gasteiger partial charge in [0.1, 0.15) is 6.67 Å². The second-order valence-corrected chi connectivity index (χ2v) is 3.73. The minimum atomic E-state index is -2.59. The first-order chi connectivity index (χ1) is 7.30. The summed E-state index contributed by atoms with van der Waals surface area (Å²) in [5.74, 6) is -1.79. The first kappa shape index (κ1) is 12.8. The van der Waals surface area contributed by atoms with Gasteiger partial charge >= 0.3 is 0 Å². The van der Waals surface area contributed by atoms with Crippen LogP contribution in [0.2, 0.25) is 0 Å². The molecular formula is C10H13FO5. The van der Waals surface area contributed by atoms with Crippen LogP contribution < -0.4 is 0 Å². The van der Waals surface area contributed by atoms with Crippen molar-refractivity contribution in [1.29, 1.82) is 0 Å². The van der Waals surface area contributed by atoms with Crippen LogP contribution in [-0.2, 0) is 14.3 Å². The Labute approximate surface area is 91.5 Å². The number of carbonyl (C=O) groups is 2. The van der Waals surface area contributed by atoms with E-state index in [1.165, 1.54) is 0 Å². The zero-order valence-corrected chi connectivity index (χ0v) is 8.94. The Kier molecular flexibility index (Phi) is 3.16. The molecule has 0 aromatic heterocycles. The minimum Gasteiger partial charge on any atom is -0.492 e. The van der Waals surface area contributed by atoms with Gasteiger partial charge in [0.2, 0.25) is 5.60 Å². The fourth-order valence-electron chi connectivity index (χ4n) is 1.73. The first-order valence-electron chi connectivity index (χ1n) is 4.66. The molecule has 0 aromatic rings. The molecule has 6 heteroatoms. The molecule has 90 valence electrons. The molecule has 0 saturated heterocycles. The highest BCUT2D eigenvalue weighted by molar-refractivity contribution is 5.99. The van der Waals surface area contributed by atoms with Crippen molar-refractivity contribution in [2.75, 3.05) is 6.67 Å². The third kappa shape index (κ3) is 1.45. The van der Waals surface area contributed by atoms with Crippen LogP contribution in [0.4, 0.5) is 4.39 Å². The number of halogens is 1. The molecule has 3 atom stereocenters. The summed E-state index contributed by atoms with van der Waals surface area (Å²) in [5.41, 5.74) is -5.05. The summed E-state index contributed by atoms with van der Waals surface area (Å²) in [4.78, 5) is 22.7. The molecule has 1 heterocycles. The molecule has 5 nitrogen and oxygen atoms in total. The molecule has 1 aliphatic heterocycles. The molecule has 1 rings (SSSR count). The average Bonchev–Trinajstić information content (AvgIpc) is 2.21. The topological polar surface area (TPSA) is 83.8 Å². The molecule has 0 amide bonds. The van der Waals surface area contributed by atoms with Crippen LogP contribution >= 0.6 is 0 Å². The van der Waals surface area contributed by atoms with Gasteiger partial charge in [-0.2, -0.15) is 0 Å². The van der Waals surface area contributed by atoms with Crippen molar-refractivity contribution in [1.82, 2.24) is 0 Å². The average molecular weight is 232 g/mol. The molecule has 16 heavy (non-hydrogen) atoms. The first-order valence-corrected chi connectivity index (χ1v) is 4.66. The van der Waals surface area contributed by atoms with Gasteiger partial charge in [-0.1, -0.05) is 0 Å². The second kappa shape index (κ2) is 3.95. The Bertz CT molecular complexity index is 353. The van der Waals surface area contributed by atoms with Gasteiger partial charge in [0.15, 0.2) is 23.3 Å². The predicted octanol–water partition coefficient (Wildman–Crippen LogP) is -0.491. The molecule has 0 bridgehead atoms. The molecule has 0 fully saturated rings. The molecule has 0 unspecified atom stereocenters. The third-order valence-corrected chi connectivity index (χ3v) is 2.81. The summed E-state index contributed by atoms with van der Waals surface area (Å²) < 4.78 is 17.4. The van der Waals surface area contributed by atoms with Gasteiger partial charge < -0.3 is 14.9 Å². The van der Waals surface area contributed by atoms with E-state index in [1.807, 2.05) is 0 Å². The lowest BCUT2D eigenvalue weighted by atomic mass is 9.73. The highest BCUT2D eigenvalue weighted by atomic mass is 19.1. The maximum Gasteiger partial charge on any atom is 0.201 e. The standard InChI is InChI=1S/C10H13FO5/c1-6(12)9(14)3-4-16-8(5-11)10(9,15)7(2)13/h3-4,8,14-15H,5H2,1-2H3/t8-,9+,10-/m0/s1. The number of alkyl halides is 1. The van der Waals surface area contributed by atoms with Crippen molar-refractivity contribution in [2.45, 2.75) is 31.2 Å². The Morgan fingerprint density at radius 2 is 1.94 bits per heavy atom. The SMILES string of the molecule is CC(=O)[C@]1(O)C=CO[C@@H](CF)[C@@]1(O)C(C)=O. The molecule has 0 aliphatic carbocycles. The molecule has 1 aliphatic rings. The Balaban J connectivity index is 3.36. The van der Waals surface area contributed by atoms with Crippen LogP contribution in [0.3, 0.4) is 0 Å². The van der Waals surface area contributed by atoms with Crippen LogP contribution in [0.1, 0.15) is 13.8 Å². The largest absolute Gasteiger partial charge is 0.492 e. The molecule has 0 saturated carbocycles. The predicted molar refractivity (Wildman–Crippen MR) is 51.2 cm³/mol. The molecule has 2 N–H and O–H groups in total. The van der Waals surface area contributed by atoms with Crippen molar-refractivity contribution in [3.63, 3.8) is 0 Å². The van der Waals surface area contributed by atoms with Gasteiger partial charge in [-0.25, -0.2) is 4.39 Å². The number of Topliss-reactive ketones (excluding diaryl/α,β-unsaturated/α-hetero) is 2. The lowest BCUT2D eigenvalue weighted by molar-refractivity contribution is -0.201. The van der Waals surface area contributed by atoms with Crippen LogP contribution in [-0.4, -0.2) is 45.8 Å². The van der Waals surface area contributed by atoms with Gasteiger partial charge in [-0.3, -0.25) is 9.59 Å². The summed E-state index contributed by atoms with van der Waals surface area (Å²) in [7, 11) is 0. The summed E-state index contributed by atoms with van der Waals surface area (Å²) in [6.45, 7) is 0.758. The second-order valence-electron chi connectivity index (χ2n) is 3.73. The summed E-state index contributed by atoms with van der Waals surface area (Å²) in [6.07, 6.45) is 0.162. The number of ether oxygens (including phenoxy) is 1. The van der Waals surface area contributed by atoms with Crippen molar-refractivity contribution in [3.05, 3.63) is 12.3 Å². The Morgan fingerprint density at radius 3 is 2.31 bits per heavy atom. The van der Waals surface area contributed by atoms with E-state index in [9.17, 15) is 24.2 Å². The number of aliphatic hydroxyl groups is 2. The van der Waals surface area contributed by atoms with Crippen molar-refractivity contribution >= 4 is 11.6 Å². The zero-order valence-electron chi connectivity index (χ0n) is 8.94. The van der Waals surface area contributed by atoms with Crippen LogP contribution in [0.25, 0.3) is 0 Å². The van der Waals surface area contributed by atoms with E-state index in [2.05, 4.69) is 0 Å². The van der Waals surface area contributed by atoms with Gasteiger partial charge in [0.25, 0.3) is 0 Å². The lowest BCUT2D eigenvalue weighted by Crippen LogP contribution is -2.69. The van der Waals surface area contributed by atoms with E-state index in [0.29, 0.717) is 0 Å². The fourth-order valence-corrected chi connectivity index (χ4v) is 1.73. The van der Waals surface area contributed by atoms with E-state index < -0.39 is 35.5 Å². The van der Waals surface area contributed by atoms with Crippen LogP contribution in [0.15, 0.2) is 12.3 Å². The number of carbonyl (C=O) groups excluding carboxylic acids is 2. The highest BCUT2D eigenvalue weighted by Crippen LogP contribution is 2.35. The smallest absolute Gasteiger partial charge is 0.201 e. The molecule has 0 spiro atoms. The number of rotatable bonds is 3. The van der Waals surface area contributed by atoms with E-state index in [1.54, 1.807) is 0 Å². The quantitative estimate of drug-likeness (QED) is 0.686. The number of hydrogen-bond acceptors (Lipinski definition) is 5. The molecule has 0 radical (unpaired) electrons. The van der Waals surface area contributed by atoms with E-state index in [0.717, 1.165) is 26.2 Å². The van der Waals surface area contributed by atoms with Crippen molar-refractivity contribution in [3.8, 4) is 0 Å². The summed E-state index contributed by atoms with van der Waals surface area (Å²) in [6, 6.07) is 0. The van der Waals surface area contributed by atoms with Crippen LogP contribution in [0, 0.1) is 0 Å². The van der Waals surface area contributed by atoms with E-state index in [-0.39, 0.29) is 0 Å². The van der Waals surface area contributed by atoms with Crippen molar-refractivity contribution < 1.29 is 28.9 Å². The van der Waals surface area contributed by atoms with Gasteiger partial charge in [-0.05, 0) is 19.9 Å². The summed E-state index contributed by atoms with van der Waals surface area (Å²) >= 11 is 0. The van der Waals surface area contributed by atoms with Crippen LogP contribution in [0.5, 0.6) is 0 Å². The third-order valence-electron chi connectivity index (χ3n) is 2.81. The molecule has 0 aromatic carbocycles. The number of ketones is 2. The highest BCUT2D eigenvalue weighted by Gasteiger charge is 2.62. The molecular weight excluding hydrogens is 219 g/mol. The fraction of sp³-hybridized carbons (Fsp3) is 0.600. The summed E-state index contributed by atoms with van der Waals surface area (Å²) in [5, 5.41) is 20.0. The monoisotopic (exact) mass is 232 g/mol. The number of hydrogen-bond donors (Lipinski definition) is 2. The maximum atomic E-state index is 12.6.